The molecule has 0 radical (unpaired) electrons. The Kier molecular flexibility index (Phi) is 2.91. The molecule has 0 saturated carbocycles. The van der Waals surface area contributed by atoms with Gasteiger partial charge < -0.3 is 5.73 Å². The van der Waals surface area contributed by atoms with Crippen LogP contribution in [-0.2, 0) is 4.84 Å². The van der Waals surface area contributed by atoms with Crippen molar-refractivity contribution in [3.63, 3.8) is 0 Å². The molecule has 6 heteroatoms. The van der Waals surface area contributed by atoms with Crippen LogP contribution in [0.3, 0.4) is 0 Å². The van der Waals surface area contributed by atoms with Gasteiger partial charge in [0.25, 0.3) is 5.69 Å². The van der Waals surface area contributed by atoms with E-state index in [0.29, 0.717) is 18.0 Å². The number of hydrogen-bond donors (Lipinski definition) is 1. The van der Waals surface area contributed by atoms with Crippen LogP contribution in [0.2, 0.25) is 0 Å². The summed E-state index contributed by atoms with van der Waals surface area (Å²) in [6.07, 6.45) is 2.07. The first kappa shape index (κ1) is 10.7. The number of nitro groups is 1. The van der Waals surface area contributed by atoms with E-state index in [9.17, 15) is 10.1 Å². The summed E-state index contributed by atoms with van der Waals surface area (Å²) in [5.41, 5.74) is 6.83. The third kappa shape index (κ3) is 2.06. The summed E-state index contributed by atoms with van der Waals surface area (Å²) in [6, 6.07) is 4.41. The molecule has 1 aliphatic heterocycles. The summed E-state index contributed by atoms with van der Waals surface area (Å²) in [5, 5.41) is 12.2. The zero-order chi connectivity index (χ0) is 11.5. The van der Waals surface area contributed by atoms with Crippen molar-refractivity contribution in [1.82, 2.24) is 0 Å². The van der Waals surface area contributed by atoms with E-state index in [1.807, 2.05) is 0 Å². The standard InChI is InChI=1S/C10H13N3O3/c11-9-7-8(13(14)15)3-4-10(9)12-5-1-2-6-16-12/h3-4,7H,1-2,5-6,11H2. The van der Waals surface area contributed by atoms with Crippen LogP contribution in [-0.4, -0.2) is 18.1 Å². The Morgan fingerprint density at radius 1 is 1.44 bits per heavy atom. The van der Waals surface area contributed by atoms with Gasteiger partial charge in [-0.2, -0.15) is 0 Å². The van der Waals surface area contributed by atoms with Gasteiger partial charge in [0.1, 0.15) is 0 Å². The van der Waals surface area contributed by atoms with Crippen molar-refractivity contribution in [2.24, 2.45) is 0 Å². The van der Waals surface area contributed by atoms with E-state index in [1.54, 1.807) is 11.1 Å². The number of non-ortho nitro benzene ring substituents is 1. The lowest BCUT2D eigenvalue weighted by Crippen LogP contribution is -2.30. The summed E-state index contributed by atoms with van der Waals surface area (Å²) >= 11 is 0. The predicted octanol–water partition coefficient (Wildman–Crippen LogP) is 1.71. The highest BCUT2D eigenvalue weighted by Gasteiger charge is 2.16. The third-order valence-electron chi connectivity index (χ3n) is 2.49. The molecule has 0 aliphatic carbocycles. The molecule has 2 rings (SSSR count). The summed E-state index contributed by atoms with van der Waals surface area (Å²) in [6.45, 7) is 1.43. The number of hydroxylamine groups is 1. The molecule has 6 nitrogen and oxygen atoms in total. The Morgan fingerprint density at radius 3 is 2.81 bits per heavy atom. The molecule has 1 fully saturated rings. The highest BCUT2D eigenvalue weighted by molar-refractivity contribution is 5.69. The Morgan fingerprint density at radius 2 is 2.25 bits per heavy atom. The maximum absolute atomic E-state index is 10.5. The van der Waals surface area contributed by atoms with Crippen molar-refractivity contribution in [3.05, 3.63) is 28.3 Å². The molecule has 2 N–H and O–H groups in total. The van der Waals surface area contributed by atoms with Crippen molar-refractivity contribution in [3.8, 4) is 0 Å². The van der Waals surface area contributed by atoms with E-state index < -0.39 is 4.92 Å². The Hall–Kier alpha value is -1.82. The summed E-state index contributed by atoms with van der Waals surface area (Å²) in [4.78, 5) is 15.5. The van der Waals surface area contributed by atoms with Crippen LogP contribution in [0, 0.1) is 10.1 Å². The zero-order valence-corrected chi connectivity index (χ0v) is 8.76. The van der Waals surface area contributed by atoms with Crippen LogP contribution >= 0.6 is 0 Å². The Labute approximate surface area is 92.7 Å². The minimum atomic E-state index is -0.461. The number of nitrogens with zero attached hydrogens (tertiary/aromatic N) is 2. The molecule has 1 aromatic carbocycles. The molecule has 1 aromatic rings. The van der Waals surface area contributed by atoms with Gasteiger partial charge in [-0.1, -0.05) is 0 Å². The molecule has 0 aromatic heterocycles. The molecule has 0 bridgehead atoms. The Balaban J connectivity index is 2.24. The van der Waals surface area contributed by atoms with E-state index in [1.165, 1.54) is 12.1 Å². The molecule has 0 spiro atoms. The number of benzene rings is 1. The minimum Gasteiger partial charge on any atom is -0.397 e. The molecule has 16 heavy (non-hydrogen) atoms. The van der Waals surface area contributed by atoms with E-state index >= 15 is 0 Å². The fourth-order valence-corrected chi connectivity index (χ4v) is 1.67. The zero-order valence-electron chi connectivity index (χ0n) is 8.76. The SMILES string of the molecule is Nc1cc([N+](=O)[O-])ccc1N1CCCCO1. The number of anilines is 2. The van der Waals surface area contributed by atoms with Gasteiger partial charge in [0.15, 0.2) is 0 Å². The fraction of sp³-hybridized carbons (Fsp3) is 0.400. The first-order valence-corrected chi connectivity index (χ1v) is 5.13. The largest absolute Gasteiger partial charge is 0.397 e. The first-order valence-electron chi connectivity index (χ1n) is 5.13. The number of hydrogen-bond acceptors (Lipinski definition) is 5. The lowest BCUT2D eigenvalue weighted by Gasteiger charge is -2.28. The number of nitrogen functional groups attached to an aromatic ring is 1. The van der Waals surface area contributed by atoms with Gasteiger partial charge in [-0.05, 0) is 18.9 Å². The maximum Gasteiger partial charge on any atom is 0.271 e. The highest BCUT2D eigenvalue weighted by Crippen LogP contribution is 2.29. The Bertz CT molecular complexity index is 402. The van der Waals surface area contributed by atoms with Crippen LogP contribution < -0.4 is 10.8 Å². The van der Waals surface area contributed by atoms with Gasteiger partial charge >= 0.3 is 0 Å². The molecule has 1 heterocycles. The molecule has 1 saturated heterocycles. The van der Waals surface area contributed by atoms with Gasteiger partial charge in [0.05, 0.1) is 22.9 Å². The summed E-state index contributed by atoms with van der Waals surface area (Å²) < 4.78 is 0. The average Bonchev–Trinajstić information content (AvgIpc) is 2.30. The van der Waals surface area contributed by atoms with Crippen LogP contribution in [0.1, 0.15) is 12.8 Å². The average molecular weight is 223 g/mol. The maximum atomic E-state index is 10.5. The second-order valence-electron chi connectivity index (χ2n) is 3.64. The van der Waals surface area contributed by atoms with Crippen LogP contribution in [0.15, 0.2) is 18.2 Å². The molecule has 0 unspecified atom stereocenters. The van der Waals surface area contributed by atoms with Crippen LogP contribution in [0.25, 0.3) is 0 Å². The number of nitro benzene ring substituents is 1. The van der Waals surface area contributed by atoms with Crippen LogP contribution in [0.5, 0.6) is 0 Å². The predicted molar refractivity (Wildman–Crippen MR) is 60.0 cm³/mol. The third-order valence-corrected chi connectivity index (χ3v) is 2.49. The molecular weight excluding hydrogens is 210 g/mol. The van der Waals surface area contributed by atoms with Gasteiger partial charge in [0.2, 0.25) is 0 Å². The van der Waals surface area contributed by atoms with Crippen molar-refractivity contribution in [1.29, 1.82) is 0 Å². The molecule has 86 valence electrons. The second kappa shape index (κ2) is 4.36. The van der Waals surface area contributed by atoms with E-state index in [4.69, 9.17) is 10.6 Å². The monoisotopic (exact) mass is 223 g/mol. The fourth-order valence-electron chi connectivity index (χ4n) is 1.67. The van der Waals surface area contributed by atoms with Crippen molar-refractivity contribution < 1.29 is 9.76 Å². The normalized spacial score (nSPS) is 16.1. The van der Waals surface area contributed by atoms with Gasteiger partial charge in [0, 0.05) is 18.7 Å². The quantitative estimate of drug-likeness (QED) is 0.469. The van der Waals surface area contributed by atoms with Gasteiger partial charge in [-0.3, -0.25) is 20.0 Å². The number of rotatable bonds is 2. The van der Waals surface area contributed by atoms with Crippen molar-refractivity contribution in [2.45, 2.75) is 12.8 Å². The van der Waals surface area contributed by atoms with Crippen molar-refractivity contribution >= 4 is 17.1 Å². The van der Waals surface area contributed by atoms with E-state index in [2.05, 4.69) is 0 Å². The summed E-state index contributed by atoms with van der Waals surface area (Å²) in [7, 11) is 0. The second-order valence-corrected chi connectivity index (χ2v) is 3.64. The lowest BCUT2D eigenvalue weighted by molar-refractivity contribution is -0.384. The van der Waals surface area contributed by atoms with Crippen molar-refractivity contribution in [2.75, 3.05) is 23.9 Å². The topological polar surface area (TPSA) is 81.6 Å². The highest BCUT2D eigenvalue weighted by atomic mass is 16.7. The first-order chi connectivity index (χ1) is 7.68. The molecular formula is C10H13N3O3. The minimum absolute atomic E-state index is 0.00161. The van der Waals surface area contributed by atoms with Gasteiger partial charge in [-0.15, -0.1) is 0 Å². The van der Waals surface area contributed by atoms with Gasteiger partial charge in [-0.25, -0.2) is 0 Å². The van der Waals surface area contributed by atoms with Crippen LogP contribution in [0.4, 0.5) is 17.1 Å². The molecule has 0 amide bonds. The smallest absolute Gasteiger partial charge is 0.271 e. The number of nitrogens with two attached hydrogens (primary N) is 1. The molecule has 0 atom stereocenters. The van der Waals surface area contributed by atoms with E-state index in [0.717, 1.165) is 19.4 Å². The van der Waals surface area contributed by atoms with E-state index in [-0.39, 0.29) is 5.69 Å². The molecule has 1 aliphatic rings. The lowest BCUT2D eigenvalue weighted by atomic mass is 10.2. The summed E-state index contributed by atoms with van der Waals surface area (Å²) in [5.74, 6) is 0.